The van der Waals surface area contributed by atoms with E-state index < -0.39 is 0 Å². The van der Waals surface area contributed by atoms with Gasteiger partial charge in [0.25, 0.3) is 0 Å². The number of hydrogen-bond acceptors (Lipinski definition) is 6. The molecule has 0 bridgehead atoms. The smallest absolute Gasteiger partial charge is 0.138 e. The van der Waals surface area contributed by atoms with Gasteiger partial charge in [0.2, 0.25) is 0 Å². The van der Waals surface area contributed by atoms with Crippen molar-refractivity contribution in [3.8, 4) is 11.5 Å². The van der Waals surface area contributed by atoms with Gasteiger partial charge < -0.3 is 14.8 Å². The van der Waals surface area contributed by atoms with Crippen LogP contribution in [0.4, 0.5) is 5.82 Å². The summed E-state index contributed by atoms with van der Waals surface area (Å²) in [6.07, 6.45) is 0.823. The minimum Gasteiger partial charge on any atom is -0.497 e. The first-order valence-electron chi connectivity index (χ1n) is 7.97. The molecule has 0 saturated carbocycles. The minimum absolute atomic E-state index is 0.558. The maximum absolute atomic E-state index is 5.74. The molecule has 3 aromatic rings. The molecule has 0 aliphatic heterocycles. The summed E-state index contributed by atoms with van der Waals surface area (Å²) in [5.41, 5.74) is 0. The maximum atomic E-state index is 5.74. The first-order valence-corrected chi connectivity index (χ1v) is 8.79. The zero-order valence-corrected chi connectivity index (χ0v) is 14.9. The summed E-state index contributed by atoms with van der Waals surface area (Å²) in [7, 11) is 1.65. The molecule has 1 aromatic carbocycles. The summed E-state index contributed by atoms with van der Waals surface area (Å²) in [5, 5.41) is 4.46. The fourth-order valence-corrected chi connectivity index (χ4v) is 3.29. The van der Waals surface area contributed by atoms with Crippen LogP contribution in [0.2, 0.25) is 0 Å². The van der Waals surface area contributed by atoms with Gasteiger partial charge >= 0.3 is 0 Å². The predicted octanol–water partition coefficient (Wildman–Crippen LogP) is 4.06. The molecule has 0 spiro atoms. The van der Waals surface area contributed by atoms with Gasteiger partial charge in [-0.25, -0.2) is 9.97 Å². The number of methoxy groups -OCH3 is 1. The quantitative estimate of drug-likeness (QED) is 0.656. The number of fused-ring (bicyclic) bond motifs is 1. The van der Waals surface area contributed by atoms with Gasteiger partial charge in [-0.3, -0.25) is 0 Å². The van der Waals surface area contributed by atoms with Gasteiger partial charge in [-0.2, -0.15) is 0 Å². The SMILES string of the molecule is CCc1nc(NCCOc2ccc(OC)cc2)c2cc(C)sc2n1. The summed E-state index contributed by atoms with van der Waals surface area (Å²) in [6, 6.07) is 9.71. The van der Waals surface area contributed by atoms with Crippen LogP contribution in [-0.2, 0) is 6.42 Å². The molecule has 2 heterocycles. The van der Waals surface area contributed by atoms with Crippen molar-refractivity contribution in [2.24, 2.45) is 0 Å². The third-order valence-corrected chi connectivity index (χ3v) is 4.55. The van der Waals surface area contributed by atoms with Crippen molar-refractivity contribution in [1.82, 2.24) is 9.97 Å². The van der Waals surface area contributed by atoms with Crippen LogP contribution in [-0.4, -0.2) is 30.2 Å². The number of thiophene rings is 1. The van der Waals surface area contributed by atoms with E-state index in [0.29, 0.717) is 13.2 Å². The van der Waals surface area contributed by atoms with Gasteiger partial charge in [-0.05, 0) is 37.3 Å². The van der Waals surface area contributed by atoms with Crippen LogP contribution >= 0.6 is 11.3 Å². The van der Waals surface area contributed by atoms with Crippen molar-refractivity contribution in [2.75, 3.05) is 25.6 Å². The van der Waals surface area contributed by atoms with Crippen molar-refractivity contribution in [1.29, 1.82) is 0 Å². The maximum Gasteiger partial charge on any atom is 0.138 e. The Kier molecular flexibility index (Phi) is 5.15. The molecule has 0 aliphatic carbocycles. The average molecular weight is 343 g/mol. The molecule has 24 heavy (non-hydrogen) atoms. The number of aryl methyl sites for hydroxylation is 2. The first-order chi connectivity index (χ1) is 11.7. The lowest BCUT2D eigenvalue weighted by molar-refractivity contribution is 0.331. The van der Waals surface area contributed by atoms with Crippen LogP contribution in [0, 0.1) is 6.92 Å². The monoisotopic (exact) mass is 343 g/mol. The van der Waals surface area contributed by atoms with Crippen LogP contribution < -0.4 is 14.8 Å². The Bertz CT molecular complexity index is 815. The summed E-state index contributed by atoms with van der Waals surface area (Å²) < 4.78 is 10.9. The van der Waals surface area contributed by atoms with E-state index in [0.717, 1.165) is 39.8 Å². The molecule has 3 rings (SSSR count). The largest absolute Gasteiger partial charge is 0.497 e. The van der Waals surface area contributed by atoms with Gasteiger partial charge in [-0.1, -0.05) is 6.92 Å². The van der Waals surface area contributed by atoms with E-state index in [1.807, 2.05) is 24.3 Å². The second-order valence-corrected chi connectivity index (χ2v) is 6.60. The van der Waals surface area contributed by atoms with E-state index in [4.69, 9.17) is 9.47 Å². The molecule has 6 heteroatoms. The number of benzene rings is 1. The van der Waals surface area contributed by atoms with Crippen molar-refractivity contribution >= 4 is 27.4 Å². The molecule has 0 fully saturated rings. The lowest BCUT2D eigenvalue weighted by Crippen LogP contribution is -2.13. The fraction of sp³-hybridized carbons (Fsp3) is 0.333. The van der Waals surface area contributed by atoms with Gasteiger partial charge in [0.15, 0.2) is 0 Å². The summed E-state index contributed by atoms with van der Waals surface area (Å²) in [5.74, 6) is 3.40. The highest BCUT2D eigenvalue weighted by atomic mass is 32.1. The Morgan fingerprint density at radius 1 is 1.12 bits per heavy atom. The number of aromatic nitrogens is 2. The van der Waals surface area contributed by atoms with Crippen molar-refractivity contribution in [3.05, 3.63) is 41.0 Å². The van der Waals surface area contributed by atoms with Crippen LogP contribution in [0.15, 0.2) is 30.3 Å². The number of ether oxygens (including phenoxy) is 2. The van der Waals surface area contributed by atoms with Gasteiger partial charge in [0, 0.05) is 11.3 Å². The van der Waals surface area contributed by atoms with Crippen LogP contribution in [0.3, 0.4) is 0 Å². The Morgan fingerprint density at radius 3 is 2.58 bits per heavy atom. The summed E-state index contributed by atoms with van der Waals surface area (Å²) >= 11 is 1.70. The average Bonchev–Trinajstić information content (AvgIpc) is 2.99. The van der Waals surface area contributed by atoms with E-state index in [9.17, 15) is 0 Å². The second-order valence-electron chi connectivity index (χ2n) is 5.37. The number of rotatable bonds is 7. The van der Waals surface area contributed by atoms with E-state index >= 15 is 0 Å². The molecular weight excluding hydrogens is 322 g/mol. The van der Waals surface area contributed by atoms with Gasteiger partial charge in [0.05, 0.1) is 19.0 Å². The molecule has 0 radical (unpaired) electrons. The Labute approximate surface area is 145 Å². The van der Waals surface area contributed by atoms with Crippen LogP contribution in [0.25, 0.3) is 10.2 Å². The highest BCUT2D eigenvalue weighted by molar-refractivity contribution is 7.18. The molecular formula is C18H21N3O2S. The number of hydrogen-bond donors (Lipinski definition) is 1. The molecule has 0 atom stereocenters. The van der Waals surface area contributed by atoms with E-state index in [1.54, 1.807) is 18.4 Å². The number of nitrogens with one attached hydrogen (secondary N) is 1. The molecule has 1 N–H and O–H groups in total. The molecule has 2 aromatic heterocycles. The molecule has 0 unspecified atom stereocenters. The van der Waals surface area contributed by atoms with E-state index in [-0.39, 0.29) is 0 Å². The summed E-state index contributed by atoms with van der Waals surface area (Å²) in [6.45, 7) is 5.39. The van der Waals surface area contributed by atoms with Crippen molar-refractivity contribution in [3.63, 3.8) is 0 Å². The third kappa shape index (κ3) is 3.76. The Morgan fingerprint density at radius 2 is 1.88 bits per heavy atom. The first kappa shape index (κ1) is 16.5. The number of nitrogens with zero attached hydrogens (tertiary/aromatic N) is 2. The number of anilines is 1. The van der Waals surface area contributed by atoms with Gasteiger partial charge in [0.1, 0.15) is 34.6 Å². The molecule has 0 aliphatic rings. The minimum atomic E-state index is 0.558. The van der Waals surface area contributed by atoms with Gasteiger partial charge in [-0.15, -0.1) is 11.3 Å². The lowest BCUT2D eigenvalue weighted by atomic mass is 10.3. The zero-order chi connectivity index (χ0) is 16.9. The van der Waals surface area contributed by atoms with E-state index in [1.165, 1.54) is 4.88 Å². The predicted molar refractivity (Wildman–Crippen MR) is 98.5 cm³/mol. The third-order valence-electron chi connectivity index (χ3n) is 3.60. The van der Waals surface area contributed by atoms with Crippen LogP contribution in [0.5, 0.6) is 11.5 Å². The van der Waals surface area contributed by atoms with Crippen molar-refractivity contribution < 1.29 is 9.47 Å². The second kappa shape index (κ2) is 7.49. The van der Waals surface area contributed by atoms with Crippen LogP contribution in [0.1, 0.15) is 17.6 Å². The Hall–Kier alpha value is -2.34. The Balaban J connectivity index is 1.62. The standard InChI is InChI=1S/C18H21N3O2S/c1-4-16-20-17(15-11-12(2)24-18(15)21-16)19-9-10-23-14-7-5-13(22-3)6-8-14/h5-8,11H,4,9-10H2,1-3H3,(H,19,20,21). The molecule has 126 valence electrons. The fourth-order valence-electron chi connectivity index (χ4n) is 2.39. The zero-order valence-electron chi connectivity index (χ0n) is 14.1. The van der Waals surface area contributed by atoms with E-state index in [2.05, 4.69) is 35.2 Å². The lowest BCUT2D eigenvalue weighted by Gasteiger charge is -2.10. The molecule has 5 nitrogen and oxygen atoms in total. The van der Waals surface area contributed by atoms with Crippen molar-refractivity contribution in [2.45, 2.75) is 20.3 Å². The highest BCUT2D eigenvalue weighted by Crippen LogP contribution is 2.28. The summed E-state index contributed by atoms with van der Waals surface area (Å²) in [4.78, 5) is 11.5. The molecule has 0 saturated heterocycles. The molecule has 0 amide bonds. The normalized spacial score (nSPS) is 10.8. The topological polar surface area (TPSA) is 56.3 Å². The highest BCUT2D eigenvalue weighted by Gasteiger charge is 2.09.